The van der Waals surface area contributed by atoms with Crippen LogP contribution in [0.15, 0.2) is 24.3 Å². The van der Waals surface area contributed by atoms with Crippen molar-refractivity contribution < 1.29 is 4.74 Å². The van der Waals surface area contributed by atoms with E-state index in [0.29, 0.717) is 11.7 Å². The predicted molar refractivity (Wildman–Crippen MR) is 97.3 cm³/mol. The SMILES string of the molecule is C[C@H]1CN(Cn2nc(Nc3ccccc3Cl)sc2=S)C[C@H](C)O1. The number of ether oxygens (including phenoxy) is 1. The second-order valence-electron chi connectivity index (χ2n) is 5.71. The van der Waals surface area contributed by atoms with Crippen molar-refractivity contribution >= 4 is 46.0 Å². The van der Waals surface area contributed by atoms with Crippen LogP contribution in [-0.2, 0) is 11.4 Å². The van der Waals surface area contributed by atoms with Crippen molar-refractivity contribution in [3.05, 3.63) is 33.2 Å². The van der Waals surface area contributed by atoms with Gasteiger partial charge in [-0.1, -0.05) is 35.1 Å². The van der Waals surface area contributed by atoms with Crippen molar-refractivity contribution in [1.82, 2.24) is 14.7 Å². The average molecular weight is 371 g/mol. The lowest BCUT2D eigenvalue weighted by atomic mass is 10.2. The summed E-state index contributed by atoms with van der Waals surface area (Å²) in [6.07, 6.45) is 0.458. The summed E-state index contributed by atoms with van der Waals surface area (Å²) in [4.78, 5) is 2.31. The summed E-state index contributed by atoms with van der Waals surface area (Å²) < 4.78 is 8.35. The zero-order chi connectivity index (χ0) is 16.4. The van der Waals surface area contributed by atoms with Crippen molar-refractivity contribution in [2.45, 2.75) is 32.7 Å². The number of nitrogens with zero attached hydrogens (tertiary/aromatic N) is 3. The van der Waals surface area contributed by atoms with Crippen LogP contribution in [0.5, 0.6) is 0 Å². The van der Waals surface area contributed by atoms with E-state index in [-0.39, 0.29) is 12.2 Å². The highest BCUT2D eigenvalue weighted by atomic mass is 35.5. The molecule has 0 unspecified atom stereocenters. The maximum absolute atomic E-state index is 6.17. The number of morpholine rings is 1. The van der Waals surface area contributed by atoms with Crippen molar-refractivity contribution in [3.8, 4) is 0 Å². The molecule has 1 fully saturated rings. The quantitative estimate of drug-likeness (QED) is 0.819. The van der Waals surface area contributed by atoms with E-state index >= 15 is 0 Å². The molecule has 5 nitrogen and oxygen atoms in total. The highest BCUT2D eigenvalue weighted by Crippen LogP contribution is 2.26. The van der Waals surface area contributed by atoms with Crippen LogP contribution in [0.1, 0.15) is 13.8 Å². The van der Waals surface area contributed by atoms with Gasteiger partial charge in [0.25, 0.3) is 0 Å². The van der Waals surface area contributed by atoms with Gasteiger partial charge in [0.05, 0.1) is 29.6 Å². The lowest BCUT2D eigenvalue weighted by molar-refractivity contribution is -0.0776. The summed E-state index contributed by atoms with van der Waals surface area (Å²) in [5.74, 6) is 0. The topological polar surface area (TPSA) is 42.3 Å². The monoisotopic (exact) mass is 370 g/mol. The third-order valence-electron chi connectivity index (χ3n) is 3.55. The molecule has 0 amide bonds. The van der Waals surface area contributed by atoms with Crippen LogP contribution in [-0.4, -0.2) is 40.0 Å². The Hall–Kier alpha value is -0.990. The van der Waals surface area contributed by atoms with Gasteiger partial charge in [0.2, 0.25) is 5.13 Å². The molecule has 1 aliphatic heterocycles. The molecule has 3 rings (SSSR count). The number of halogens is 1. The van der Waals surface area contributed by atoms with Crippen LogP contribution in [0.3, 0.4) is 0 Å². The molecule has 2 aromatic rings. The Bertz CT molecular complexity index is 722. The predicted octanol–water partition coefficient (Wildman–Crippen LogP) is 4.14. The van der Waals surface area contributed by atoms with Crippen molar-refractivity contribution in [1.29, 1.82) is 0 Å². The van der Waals surface area contributed by atoms with E-state index in [9.17, 15) is 0 Å². The van der Waals surface area contributed by atoms with E-state index < -0.39 is 0 Å². The maximum Gasteiger partial charge on any atom is 0.209 e. The van der Waals surface area contributed by atoms with Crippen LogP contribution in [0.2, 0.25) is 5.02 Å². The average Bonchev–Trinajstić information content (AvgIpc) is 2.80. The van der Waals surface area contributed by atoms with E-state index in [1.807, 2.05) is 28.9 Å². The maximum atomic E-state index is 6.17. The van der Waals surface area contributed by atoms with Gasteiger partial charge in [0.1, 0.15) is 0 Å². The second-order valence-corrected chi connectivity index (χ2v) is 7.74. The number of para-hydroxylation sites is 1. The standard InChI is InChI=1S/C15H19ClN4OS2/c1-10-7-19(8-11(2)21-10)9-20-15(22)23-14(18-20)17-13-6-4-3-5-12(13)16/h3-6,10-11H,7-9H2,1-2H3,(H,17,18)/t10-,11-/m0/s1. The molecule has 124 valence electrons. The van der Waals surface area contributed by atoms with Crippen LogP contribution in [0, 0.1) is 3.95 Å². The highest BCUT2D eigenvalue weighted by Gasteiger charge is 2.22. The highest BCUT2D eigenvalue weighted by molar-refractivity contribution is 7.73. The van der Waals surface area contributed by atoms with Gasteiger partial charge in [-0.15, -0.1) is 5.10 Å². The summed E-state index contributed by atoms with van der Waals surface area (Å²) >= 11 is 13.1. The minimum Gasteiger partial charge on any atom is -0.373 e. The number of benzene rings is 1. The molecule has 0 spiro atoms. The van der Waals surface area contributed by atoms with Crippen molar-refractivity contribution in [2.24, 2.45) is 0 Å². The molecule has 1 saturated heterocycles. The normalized spacial score (nSPS) is 22.2. The first-order valence-corrected chi connectivity index (χ1v) is 9.09. The number of rotatable bonds is 4. The van der Waals surface area contributed by atoms with Gasteiger partial charge >= 0.3 is 0 Å². The Balaban J connectivity index is 1.71. The van der Waals surface area contributed by atoms with Crippen LogP contribution in [0.25, 0.3) is 0 Å². The second kappa shape index (κ2) is 7.27. The van der Waals surface area contributed by atoms with Gasteiger partial charge in [-0.05, 0) is 38.2 Å². The molecule has 8 heteroatoms. The fraction of sp³-hybridized carbons (Fsp3) is 0.467. The molecule has 2 heterocycles. The zero-order valence-electron chi connectivity index (χ0n) is 13.0. The van der Waals surface area contributed by atoms with Gasteiger partial charge in [-0.3, -0.25) is 4.90 Å². The molecule has 1 aromatic carbocycles. The lowest BCUT2D eigenvalue weighted by Crippen LogP contribution is -2.46. The summed E-state index contributed by atoms with van der Waals surface area (Å²) in [5, 5.41) is 9.21. The zero-order valence-corrected chi connectivity index (χ0v) is 15.4. The van der Waals surface area contributed by atoms with E-state index in [1.165, 1.54) is 11.3 Å². The molecule has 1 aromatic heterocycles. The first kappa shape index (κ1) is 16.9. The molecule has 2 atom stereocenters. The number of aromatic nitrogens is 2. The Kier molecular flexibility index (Phi) is 5.33. The molecule has 23 heavy (non-hydrogen) atoms. The summed E-state index contributed by atoms with van der Waals surface area (Å²) in [5.41, 5.74) is 0.832. The van der Waals surface area contributed by atoms with Crippen molar-refractivity contribution in [3.63, 3.8) is 0 Å². The number of hydrogen-bond donors (Lipinski definition) is 1. The third-order valence-corrected chi connectivity index (χ3v) is 5.10. The van der Waals surface area contributed by atoms with E-state index in [4.69, 9.17) is 28.6 Å². The van der Waals surface area contributed by atoms with Gasteiger partial charge in [-0.2, -0.15) is 0 Å². The fourth-order valence-electron chi connectivity index (χ4n) is 2.71. The van der Waals surface area contributed by atoms with E-state index in [0.717, 1.165) is 27.9 Å². The molecule has 1 aliphatic rings. The Morgan fingerprint density at radius 2 is 2.04 bits per heavy atom. The molecular weight excluding hydrogens is 352 g/mol. The molecule has 0 radical (unpaired) electrons. The molecular formula is C15H19ClN4OS2. The van der Waals surface area contributed by atoms with Crippen LogP contribution < -0.4 is 5.32 Å². The minimum absolute atomic E-state index is 0.229. The molecule has 0 bridgehead atoms. The Labute approximate surface area is 149 Å². The summed E-state index contributed by atoms with van der Waals surface area (Å²) in [6, 6.07) is 7.59. The molecule has 0 saturated carbocycles. The number of hydrogen-bond acceptors (Lipinski definition) is 6. The van der Waals surface area contributed by atoms with Crippen LogP contribution >= 0.6 is 35.2 Å². The minimum atomic E-state index is 0.229. The Morgan fingerprint density at radius 3 is 2.74 bits per heavy atom. The molecule has 1 N–H and O–H groups in total. The van der Waals surface area contributed by atoms with Gasteiger partial charge in [0, 0.05) is 13.1 Å². The first-order valence-electron chi connectivity index (χ1n) is 7.48. The van der Waals surface area contributed by atoms with E-state index in [2.05, 4.69) is 29.2 Å². The van der Waals surface area contributed by atoms with E-state index in [1.54, 1.807) is 0 Å². The van der Waals surface area contributed by atoms with Gasteiger partial charge < -0.3 is 10.1 Å². The third kappa shape index (κ3) is 4.30. The molecule has 0 aliphatic carbocycles. The van der Waals surface area contributed by atoms with Crippen molar-refractivity contribution in [2.75, 3.05) is 18.4 Å². The van der Waals surface area contributed by atoms with Crippen LogP contribution in [0.4, 0.5) is 10.8 Å². The fourth-order valence-corrected chi connectivity index (χ4v) is 3.90. The summed E-state index contributed by atoms with van der Waals surface area (Å²) in [7, 11) is 0. The number of nitrogens with one attached hydrogen (secondary N) is 1. The first-order chi connectivity index (χ1) is 11.0. The summed E-state index contributed by atoms with van der Waals surface area (Å²) in [6.45, 7) is 6.63. The van der Waals surface area contributed by atoms with Gasteiger partial charge in [-0.25, -0.2) is 4.68 Å². The lowest BCUT2D eigenvalue weighted by Gasteiger charge is -2.34. The largest absolute Gasteiger partial charge is 0.373 e. The van der Waals surface area contributed by atoms with Gasteiger partial charge in [0.15, 0.2) is 3.95 Å². The smallest absolute Gasteiger partial charge is 0.209 e. The Morgan fingerprint density at radius 1 is 1.35 bits per heavy atom. The number of anilines is 2.